The molecule has 2 aromatic rings. The number of nitrogens with zero attached hydrogens (tertiary/aromatic N) is 2. The second kappa shape index (κ2) is 7.64. The van der Waals surface area contributed by atoms with Gasteiger partial charge in [-0.1, -0.05) is 37.3 Å². The monoisotopic (exact) mass is 286 g/mol. The van der Waals surface area contributed by atoms with E-state index in [-0.39, 0.29) is 5.91 Å². The van der Waals surface area contributed by atoms with Crippen molar-refractivity contribution in [3.05, 3.63) is 60.1 Å². The number of rotatable bonds is 7. The van der Waals surface area contributed by atoms with E-state index < -0.39 is 0 Å². The molecular weight excluding hydrogens is 264 g/mol. The minimum Gasteiger partial charge on any atom is -0.467 e. The summed E-state index contributed by atoms with van der Waals surface area (Å²) in [6.45, 7) is 4.63. The first-order valence-electron chi connectivity index (χ1n) is 7.21. The molecule has 4 nitrogen and oxygen atoms in total. The van der Waals surface area contributed by atoms with Crippen molar-refractivity contribution in [3.8, 4) is 0 Å². The molecular formula is C17H22N2O2. The minimum atomic E-state index is 0.101. The Kier molecular flexibility index (Phi) is 5.58. The van der Waals surface area contributed by atoms with Gasteiger partial charge in [0.25, 0.3) is 0 Å². The summed E-state index contributed by atoms with van der Waals surface area (Å²) in [5.74, 6) is 0.904. The van der Waals surface area contributed by atoms with Gasteiger partial charge in [0.15, 0.2) is 0 Å². The average molecular weight is 286 g/mol. The number of benzene rings is 1. The molecule has 0 radical (unpaired) electrons. The van der Waals surface area contributed by atoms with Gasteiger partial charge in [-0.2, -0.15) is 0 Å². The number of likely N-dealkylation sites (N-methyl/N-ethyl adjacent to an activating group) is 2. The van der Waals surface area contributed by atoms with Crippen LogP contribution in [-0.4, -0.2) is 35.8 Å². The largest absolute Gasteiger partial charge is 0.467 e. The van der Waals surface area contributed by atoms with Gasteiger partial charge < -0.3 is 9.32 Å². The molecule has 0 bridgehead atoms. The van der Waals surface area contributed by atoms with Crippen LogP contribution in [0, 0.1) is 0 Å². The molecule has 21 heavy (non-hydrogen) atoms. The van der Waals surface area contributed by atoms with Gasteiger partial charge in [-0.05, 0) is 24.2 Å². The maximum atomic E-state index is 12.3. The highest BCUT2D eigenvalue weighted by atomic mass is 16.3. The Bertz CT molecular complexity index is 537. The van der Waals surface area contributed by atoms with Gasteiger partial charge in [0.2, 0.25) is 5.91 Å². The standard InChI is InChI=1S/C17H22N2O2/c1-3-19(12-15-8-5-4-6-9-15)14-17(20)18(2)13-16-10-7-11-21-16/h4-11H,3,12-14H2,1-2H3. The van der Waals surface area contributed by atoms with E-state index in [1.807, 2.05) is 30.3 Å². The number of amides is 1. The van der Waals surface area contributed by atoms with Crippen molar-refractivity contribution in [2.45, 2.75) is 20.0 Å². The van der Waals surface area contributed by atoms with Crippen LogP contribution >= 0.6 is 0 Å². The smallest absolute Gasteiger partial charge is 0.236 e. The molecule has 0 aliphatic heterocycles. The summed E-state index contributed by atoms with van der Waals surface area (Å²) in [5, 5.41) is 0. The van der Waals surface area contributed by atoms with Gasteiger partial charge in [-0.25, -0.2) is 0 Å². The van der Waals surface area contributed by atoms with E-state index in [0.29, 0.717) is 13.1 Å². The highest BCUT2D eigenvalue weighted by molar-refractivity contribution is 5.77. The molecule has 0 aliphatic carbocycles. The molecule has 0 fully saturated rings. The number of hydrogen-bond acceptors (Lipinski definition) is 3. The van der Waals surface area contributed by atoms with Crippen molar-refractivity contribution in [1.82, 2.24) is 9.80 Å². The normalized spacial score (nSPS) is 10.8. The first-order chi connectivity index (χ1) is 10.2. The van der Waals surface area contributed by atoms with E-state index in [1.165, 1.54) is 5.56 Å². The van der Waals surface area contributed by atoms with Crippen molar-refractivity contribution >= 4 is 5.91 Å². The average Bonchev–Trinajstić information content (AvgIpc) is 3.00. The summed E-state index contributed by atoms with van der Waals surface area (Å²) in [6.07, 6.45) is 1.63. The zero-order valence-electron chi connectivity index (χ0n) is 12.7. The fourth-order valence-electron chi connectivity index (χ4n) is 2.16. The van der Waals surface area contributed by atoms with Crippen molar-refractivity contribution in [2.24, 2.45) is 0 Å². The van der Waals surface area contributed by atoms with Gasteiger partial charge in [-0.3, -0.25) is 9.69 Å². The van der Waals surface area contributed by atoms with Crippen LogP contribution < -0.4 is 0 Å². The Balaban J connectivity index is 1.87. The van der Waals surface area contributed by atoms with Crippen molar-refractivity contribution in [1.29, 1.82) is 0 Å². The van der Waals surface area contributed by atoms with Crippen LogP contribution in [0.5, 0.6) is 0 Å². The van der Waals surface area contributed by atoms with Crippen molar-refractivity contribution in [3.63, 3.8) is 0 Å². The predicted octanol–water partition coefficient (Wildman–Crippen LogP) is 2.76. The van der Waals surface area contributed by atoms with Gasteiger partial charge >= 0.3 is 0 Å². The van der Waals surface area contributed by atoms with Gasteiger partial charge in [0.05, 0.1) is 19.4 Å². The second-order valence-electron chi connectivity index (χ2n) is 5.12. The number of carbonyl (C=O) groups excluding carboxylic acids is 1. The SMILES string of the molecule is CCN(CC(=O)N(C)Cc1ccco1)Cc1ccccc1. The molecule has 1 amide bonds. The van der Waals surface area contributed by atoms with Gasteiger partial charge in [-0.15, -0.1) is 0 Å². The number of furan rings is 1. The highest BCUT2D eigenvalue weighted by Crippen LogP contribution is 2.07. The van der Waals surface area contributed by atoms with Crippen LogP contribution in [0.4, 0.5) is 0 Å². The molecule has 112 valence electrons. The van der Waals surface area contributed by atoms with E-state index in [4.69, 9.17) is 4.42 Å². The van der Waals surface area contributed by atoms with E-state index in [9.17, 15) is 4.79 Å². The Morgan fingerprint density at radius 2 is 1.86 bits per heavy atom. The summed E-state index contributed by atoms with van der Waals surface area (Å²) in [4.78, 5) is 16.1. The molecule has 1 aromatic heterocycles. The molecule has 0 saturated carbocycles. The molecule has 4 heteroatoms. The first-order valence-corrected chi connectivity index (χ1v) is 7.21. The van der Waals surface area contributed by atoms with Gasteiger partial charge in [0.1, 0.15) is 5.76 Å². The van der Waals surface area contributed by atoms with Crippen LogP contribution in [0.3, 0.4) is 0 Å². The Morgan fingerprint density at radius 3 is 2.48 bits per heavy atom. The Morgan fingerprint density at radius 1 is 1.10 bits per heavy atom. The van der Waals surface area contributed by atoms with Crippen LogP contribution in [-0.2, 0) is 17.9 Å². The summed E-state index contributed by atoms with van der Waals surface area (Å²) >= 11 is 0. The lowest BCUT2D eigenvalue weighted by atomic mass is 10.2. The molecule has 0 spiro atoms. The molecule has 0 unspecified atom stereocenters. The molecule has 0 aliphatic rings. The lowest BCUT2D eigenvalue weighted by Gasteiger charge is -2.23. The van der Waals surface area contributed by atoms with E-state index in [2.05, 4.69) is 24.0 Å². The maximum Gasteiger partial charge on any atom is 0.236 e. The zero-order chi connectivity index (χ0) is 15.1. The topological polar surface area (TPSA) is 36.7 Å². The molecule has 1 aromatic carbocycles. The third-order valence-electron chi connectivity index (χ3n) is 3.45. The van der Waals surface area contributed by atoms with Gasteiger partial charge in [0, 0.05) is 13.6 Å². The summed E-state index contributed by atoms with van der Waals surface area (Å²) in [7, 11) is 1.81. The number of hydrogen-bond donors (Lipinski definition) is 0. The lowest BCUT2D eigenvalue weighted by Crippen LogP contribution is -2.37. The second-order valence-corrected chi connectivity index (χ2v) is 5.12. The van der Waals surface area contributed by atoms with Crippen molar-refractivity contribution < 1.29 is 9.21 Å². The van der Waals surface area contributed by atoms with Crippen LogP contribution in [0.1, 0.15) is 18.2 Å². The fraction of sp³-hybridized carbons (Fsp3) is 0.353. The van der Waals surface area contributed by atoms with Crippen LogP contribution in [0.15, 0.2) is 53.1 Å². The quantitative estimate of drug-likeness (QED) is 0.785. The van der Waals surface area contributed by atoms with Crippen LogP contribution in [0.2, 0.25) is 0 Å². The molecule has 0 N–H and O–H groups in total. The number of carbonyl (C=O) groups is 1. The van der Waals surface area contributed by atoms with Crippen LogP contribution in [0.25, 0.3) is 0 Å². The minimum absolute atomic E-state index is 0.101. The Labute approximate surface area is 126 Å². The molecule has 0 atom stereocenters. The predicted molar refractivity (Wildman–Crippen MR) is 82.6 cm³/mol. The first kappa shape index (κ1) is 15.3. The van der Waals surface area contributed by atoms with Crippen molar-refractivity contribution in [2.75, 3.05) is 20.1 Å². The van der Waals surface area contributed by atoms with E-state index in [1.54, 1.807) is 18.2 Å². The third-order valence-corrected chi connectivity index (χ3v) is 3.45. The third kappa shape index (κ3) is 4.76. The zero-order valence-corrected chi connectivity index (χ0v) is 12.7. The summed E-state index contributed by atoms with van der Waals surface area (Å²) in [5.41, 5.74) is 1.22. The highest BCUT2D eigenvalue weighted by Gasteiger charge is 2.14. The molecule has 0 saturated heterocycles. The summed E-state index contributed by atoms with van der Waals surface area (Å²) in [6, 6.07) is 13.9. The summed E-state index contributed by atoms with van der Waals surface area (Å²) < 4.78 is 5.27. The maximum absolute atomic E-state index is 12.3. The van der Waals surface area contributed by atoms with E-state index in [0.717, 1.165) is 18.8 Å². The molecule has 1 heterocycles. The van der Waals surface area contributed by atoms with E-state index >= 15 is 0 Å². The fourth-order valence-corrected chi connectivity index (χ4v) is 2.16. The lowest BCUT2D eigenvalue weighted by molar-refractivity contribution is -0.132. The Hall–Kier alpha value is -2.07. The molecule has 2 rings (SSSR count).